The van der Waals surface area contributed by atoms with Crippen molar-refractivity contribution in [3.63, 3.8) is 0 Å². The Hall–Kier alpha value is -0.120. The number of piperazine rings is 1. The molecule has 1 fully saturated rings. The summed E-state index contributed by atoms with van der Waals surface area (Å²) in [6.07, 6.45) is 3.12. The van der Waals surface area contributed by atoms with Gasteiger partial charge < -0.3 is 5.11 Å². The highest BCUT2D eigenvalue weighted by molar-refractivity contribution is 4.76. The molecule has 0 aliphatic carbocycles. The third kappa shape index (κ3) is 4.40. The summed E-state index contributed by atoms with van der Waals surface area (Å²) in [5, 5.41) is 9.77. The van der Waals surface area contributed by atoms with Gasteiger partial charge in [0, 0.05) is 38.8 Å². The summed E-state index contributed by atoms with van der Waals surface area (Å²) in [4.78, 5) is 4.96. The fourth-order valence-electron chi connectivity index (χ4n) is 2.37. The lowest BCUT2D eigenvalue weighted by Gasteiger charge is -2.38. The van der Waals surface area contributed by atoms with Gasteiger partial charge in [0.2, 0.25) is 0 Å². The van der Waals surface area contributed by atoms with Crippen LogP contribution in [0.4, 0.5) is 0 Å². The van der Waals surface area contributed by atoms with Crippen molar-refractivity contribution in [2.24, 2.45) is 0 Å². The minimum atomic E-state index is -0.125. The molecule has 0 spiro atoms. The number of aliphatic hydroxyl groups excluding tert-OH is 1. The maximum absolute atomic E-state index is 9.77. The van der Waals surface area contributed by atoms with E-state index in [-0.39, 0.29) is 6.10 Å². The monoisotopic (exact) mass is 228 g/mol. The van der Waals surface area contributed by atoms with E-state index in [0.717, 1.165) is 45.6 Å². The second kappa shape index (κ2) is 7.25. The van der Waals surface area contributed by atoms with E-state index in [4.69, 9.17) is 0 Å². The fraction of sp³-hybridized carbons (Fsp3) is 1.00. The molecule has 0 saturated carbocycles. The van der Waals surface area contributed by atoms with Crippen LogP contribution < -0.4 is 0 Å². The number of hydrogen-bond acceptors (Lipinski definition) is 3. The van der Waals surface area contributed by atoms with E-state index in [1.54, 1.807) is 0 Å². The summed E-state index contributed by atoms with van der Waals surface area (Å²) >= 11 is 0. The fourth-order valence-corrected chi connectivity index (χ4v) is 2.37. The third-order valence-electron chi connectivity index (χ3n) is 3.71. The molecule has 2 unspecified atom stereocenters. The zero-order valence-electron chi connectivity index (χ0n) is 11.2. The minimum absolute atomic E-state index is 0.125. The Morgan fingerprint density at radius 2 is 1.75 bits per heavy atom. The molecule has 2 atom stereocenters. The van der Waals surface area contributed by atoms with Gasteiger partial charge >= 0.3 is 0 Å². The van der Waals surface area contributed by atoms with E-state index >= 15 is 0 Å². The first kappa shape index (κ1) is 13.9. The van der Waals surface area contributed by atoms with Gasteiger partial charge in [-0.25, -0.2) is 0 Å². The Bertz CT molecular complexity index is 179. The summed E-state index contributed by atoms with van der Waals surface area (Å²) in [6, 6.07) is 0.711. The zero-order valence-corrected chi connectivity index (χ0v) is 11.2. The van der Waals surface area contributed by atoms with E-state index in [2.05, 4.69) is 30.6 Å². The van der Waals surface area contributed by atoms with Crippen molar-refractivity contribution >= 4 is 0 Å². The van der Waals surface area contributed by atoms with Gasteiger partial charge in [-0.15, -0.1) is 0 Å². The molecule has 16 heavy (non-hydrogen) atoms. The number of nitrogens with zero attached hydrogens (tertiary/aromatic N) is 2. The Morgan fingerprint density at radius 1 is 1.12 bits per heavy atom. The first-order chi connectivity index (χ1) is 7.67. The molecule has 1 rings (SSSR count). The van der Waals surface area contributed by atoms with E-state index in [1.165, 1.54) is 6.42 Å². The van der Waals surface area contributed by atoms with Crippen molar-refractivity contribution in [1.82, 2.24) is 9.80 Å². The van der Waals surface area contributed by atoms with E-state index in [9.17, 15) is 5.11 Å². The molecule has 0 radical (unpaired) electrons. The van der Waals surface area contributed by atoms with Crippen LogP contribution in [0.15, 0.2) is 0 Å². The lowest BCUT2D eigenvalue weighted by molar-refractivity contribution is 0.0554. The minimum Gasteiger partial charge on any atom is -0.392 e. The van der Waals surface area contributed by atoms with Gasteiger partial charge in [0.15, 0.2) is 0 Å². The number of β-amino-alcohol motifs (C(OH)–C–C–N with tert-alkyl or cyclic N) is 1. The number of aliphatic hydroxyl groups is 1. The van der Waals surface area contributed by atoms with Gasteiger partial charge in [0.05, 0.1) is 6.10 Å². The predicted molar refractivity (Wildman–Crippen MR) is 68.7 cm³/mol. The Kier molecular flexibility index (Phi) is 6.32. The molecule has 1 heterocycles. The topological polar surface area (TPSA) is 26.7 Å². The highest BCUT2D eigenvalue weighted by Gasteiger charge is 2.21. The van der Waals surface area contributed by atoms with Crippen molar-refractivity contribution in [3.05, 3.63) is 0 Å². The van der Waals surface area contributed by atoms with Crippen LogP contribution in [0, 0.1) is 0 Å². The van der Waals surface area contributed by atoms with Gasteiger partial charge in [-0.1, -0.05) is 20.3 Å². The highest BCUT2D eigenvalue weighted by atomic mass is 16.3. The molecule has 96 valence electrons. The molecule has 3 heteroatoms. The van der Waals surface area contributed by atoms with Gasteiger partial charge in [-0.2, -0.15) is 0 Å². The maximum Gasteiger partial charge on any atom is 0.0667 e. The van der Waals surface area contributed by atoms with E-state index in [1.807, 2.05) is 0 Å². The molecule has 1 N–H and O–H groups in total. The van der Waals surface area contributed by atoms with Crippen molar-refractivity contribution in [3.8, 4) is 0 Å². The largest absolute Gasteiger partial charge is 0.392 e. The normalized spacial score (nSPS) is 23.2. The van der Waals surface area contributed by atoms with Crippen LogP contribution in [0.5, 0.6) is 0 Å². The second-order valence-electron chi connectivity index (χ2n) is 5.04. The van der Waals surface area contributed by atoms with Gasteiger partial charge in [-0.05, 0) is 19.8 Å². The molecule has 0 aromatic carbocycles. The first-order valence-electron chi connectivity index (χ1n) is 6.81. The summed E-state index contributed by atoms with van der Waals surface area (Å²) in [7, 11) is 0. The molecular weight excluding hydrogens is 200 g/mol. The summed E-state index contributed by atoms with van der Waals surface area (Å²) < 4.78 is 0. The van der Waals surface area contributed by atoms with Gasteiger partial charge in [-0.3, -0.25) is 9.80 Å². The van der Waals surface area contributed by atoms with Crippen molar-refractivity contribution in [1.29, 1.82) is 0 Å². The van der Waals surface area contributed by atoms with Gasteiger partial charge in [0.25, 0.3) is 0 Å². The SMILES string of the molecule is CCCC(O)CN1CCN(C(C)CC)CC1. The Morgan fingerprint density at radius 3 is 2.25 bits per heavy atom. The average Bonchev–Trinajstić information content (AvgIpc) is 2.29. The van der Waals surface area contributed by atoms with Crippen LogP contribution in [-0.2, 0) is 0 Å². The summed E-state index contributed by atoms with van der Waals surface area (Å²) in [5.41, 5.74) is 0. The molecule has 0 aromatic heterocycles. The molecule has 0 aromatic rings. The van der Waals surface area contributed by atoms with E-state index in [0.29, 0.717) is 6.04 Å². The Balaban J connectivity index is 2.21. The van der Waals surface area contributed by atoms with Crippen LogP contribution in [0.1, 0.15) is 40.0 Å². The lowest BCUT2D eigenvalue weighted by atomic mass is 10.1. The molecule has 1 aliphatic rings. The highest BCUT2D eigenvalue weighted by Crippen LogP contribution is 2.09. The molecule has 1 aliphatic heterocycles. The van der Waals surface area contributed by atoms with Gasteiger partial charge in [0.1, 0.15) is 0 Å². The maximum atomic E-state index is 9.77. The second-order valence-corrected chi connectivity index (χ2v) is 5.04. The standard InChI is InChI=1S/C13H28N2O/c1-4-6-13(16)11-14-7-9-15(10-8-14)12(3)5-2/h12-13,16H,4-11H2,1-3H3. The Labute approximate surface area is 100 Å². The molecule has 1 saturated heterocycles. The third-order valence-corrected chi connectivity index (χ3v) is 3.71. The van der Waals surface area contributed by atoms with Crippen molar-refractivity contribution in [2.75, 3.05) is 32.7 Å². The quantitative estimate of drug-likeness (QED) is 0.747. The van der Waals surface area contributed by atoms with Crippen LogP contribution in [-0.4, -0.2) is 59.8 Å². The first-order valence-corrected chi connectivity index (χ1v) is 6.81. The molecule has 3 nitrogen and oxygen atoms in total. The summed E-state index contributed by atoms with van der Waals surface area (Å²) in [5.74, 6) is 0. The average molecular weight is 228 g/mol. The zero-order chi connectivity index (χ0) is 12.0. The van der Waals surface area contributed by atoms with Crippen LogP contribution in [0.2, 0.25) is 0 Å². The molecular formula is C13H28N2O. The molecule has 0 amide bonds. The number of rotatable bonds is 6. The predicted octanol–water partition coefficient (Wildman–Crippen LogP) is 1.56. The van der Waals surface area contributed by atoms with Crippen molar-refractivity contribution in [2.45, 2.75) is 52.2 Å². The summed E-state index contributed by atoms with van der Waals surface area (Å²) in [6.45, 7) is 12.1. The smallest absolute Gasteiger partial charge is 0.0667 e. The number of hydrogen-bond donors (Lipinski definition) is 1. The lowest BCUT2D eigenvalue weighted by Crippen LogP contribution is -2.51. The van der Waals surface area contributed by atoms with Crippen LogP contribution in [0.3, 0.4) is 0 Å². The van der Waals surface area contributed by atoms with E-state index < -0.39 is 0 Å². The van der Waals surface area contributed by atoms with Crippen molar-refractivity contribution < 1.29 is 5.11 Å². The van der Waals surface area contributed by atoms with Crippen LogP contribution >= 0.6 is 0 Å². The molecule has 0 bridgehead atoms. The van der Waals surface area contributed by atoms with Crippen LogP contribution in [0.25, 0.3) is 0 Å².